The first-order chi connectivity index (χ1) is 4.26. The van der Waals surface area contributed by atoms with Gasteiger partial charge in [-0.05, 0) is 12.5 Å². The highest BCUT2D eigenvalue weighted by atomic mass is 14.9. The lowest BCUT2D eigenvalue weighted by atomic mass is 10.3. The van der Waals surface area contributed by atoms with Gasteiger partial charge >= 0.3 is 0 Å². The Hall–Kier alpha value is -0.920. The van der Waals surface area contributed by atoms with Gasteiger partial charge in [-0.3, -0.25) is 0 Å². The standard InChI is InChI=1S/C7H14N2/c1-4-6(8)7(5-2)9-3/h4,9H,1,5,8H2,2-3H3/b7-6+. The van der Waals surface area contributed by atoms with Crippen LogP contribution in [-0.4, -0.2) is 7.05 Å². The van der Waals surface area contributed by atoms with Gasteiger partial charge in [0.25, 0.3) is 0 Å². The molecule has 2 heteroatoms. The smallest absolute Gasteiger partial charge is 0.0500 e. The summed E-state index contributed by atoms with van der Waals surface area (Å²) in [5.41, 5.74) is 7.32. The van der Waals surface area contributed by atoms with Crippen LogP contribution in [0.3, 0.4) is 0 Å². The summed E-state index contributed by atoms with van der Waals surface area (Å²) in [6.45, 7) is 5.60. The summed E-state index contributed by atoms with van der Waals surface area (Å²) in [5, 5.41) is 2.99. The van der Waals surface area contributed by atoms with Crippen LogP contribution in [0, 0.1) is 0 Å². The van der Waals surface area contributed by atoms with E-state index in [0.29, 0.717) is 0 Å². The lowest BCUT2D eigenvalue weighted by molar-refractivity contribution is 0.879. The third-order valence-corrected chi connectivity index (χ3v) is 1.22. The zero-order valence-corrected chi connectivity index (χ0v) is 6.07. The number of allylic oxidation sites excluding steroid dienone is 2. The lowest BCUT2D eigenvalue weighted by Gasteiger charge is -2.04. The van der Waals surface area contributed by atoms with E-state index in [1.54, 1.807) is 6.08 Å². The van der Waals surface area contributed by atoms with Gasteiger partial charge in [-0.2, -0.15) is 0 Å². The average molecular weight is 126 g/mol. The molecule has 0 aliphatic heterocycles. The minimum atomic E-state index is 0.736. The lowest BCUT2D eigenvalue weighted by Crippen LogP contribution is -2.11. The maximum absolute atomic E-state index is 5.54. The molecule has 0 radical (unpaired) electrons. The molecule has 52 valence electrons. The molecule has 0 aromatic carbocycles. The quantitative estimate of drug-likeness (QED) is 0.553. The minimum absolute atomic E-state index is 0.736. The highest BCUT2D eigenvalue weighted by Crippen LogP contribution is 1.98. The van der Waals surface area contributed by atoms with Gasteiger partial charge in [0.05, 0.1) is 5.70 Å². The molecule has 0 aromatic rings. The molecule has 0 fully saturated rings. The van der Waals surface area contributed by atoms with E-state index in [1.165, 1.54) is 0 Å². The fraction of sp³-hybridized carbons (Fsp3) is 0.429. The number of rotatable bonds is 3. The van der Waals surface area contributed by atoms with Crippen LogP contribution < -0.4 is 11.1 Å². The van der Waals surface area contributed by atoms with E-state index < -0.39 is 0 Å². The van der Waals surface area contributed by atoms with Crippen molar-refractivity contribution in [2.24, 2.45) is 5.73 Å². The first-order valence-corrected chi connectivity index (χ1v) is 3.05. The molecule has 0 bridgehead atoms. The summed E-state index contributed by atoms with van der Waals surface area (Å²) >= 11 is 0. The van der Waals surface area contributed by atoms with E-state index in [1.807, 2.05) is 14.0 Å². The van der Waals surface area contributed by atoms with Gasteiger partial charge in [0.1, 0.15) is 0 Å². The third-order valence-electron chi connectivity index (χ3n) is 1.22. The zero-order valence-electron chi connectivity index (χ0n) is 6.07. The van der Waals surface area contributed by atoms with Crippen molar-refractivity contribution in [1.82, 2.24) is 5.32 Å². The molecular formula is C7H14N2. The van der Waals surface area contributed by atoms with Crippen LogP contribution in [0.25, 0.3) is 0 Å². The fourth-order valence-corrected chi connectivity index (χ4v) is 0.648. The average Bonchev–Trinajstić information content (AvgIpc) is 1.90. The van der Waals surface area contributed by atoms with Crippen molar-refractivity contribution in [3.8, 4) is 0 Å². The van der Waals surface area contributed by atoms with Gasteiger partial charge in [-0.25, -0.2) is 0 Å². The van der Waals surface area contributed by atoms with E-state index in [9.17, 15) is 0 Å². The van der Waals surface area contributed by atoms with Gasteiger partial charge in [0.15, 0.2) is 0 Å². The molecule has 0 aliphatic rings. The molecule has 9 heavy (non-hydrogen) atoms. The molecule has 0 aliphatic carbocycles. The summed E-state index contributed by atoms with van der Waals surface area (Å²) in [6, 6.07) is 0. The summed E-state index contributed by atoms with van der Waals surface area (Å²) in [5.74, 6) is 0. The van der Waals surface area contributed by atoms with Crippen molar-refractivity contribution in [2.45, 2.75) is 13.3 Å². The Bertz CT molecular complexity index is 119. The number of nitrogens with two attached hydrogens (primary N) is 1. The second-order valence-corrected chi connectivity index (χ2v) is 1.74. The fourth-order valence-electron chi connectivity index (χ4n) is 0.648. The van der Waals surface area contributed by atoms with Gasteiger partial charge in [0, 0.05) is 12.7 Å². The Labute approximate surface area is 56.4 Å². The van der Waals surface area contributed by atoms with Crippen molar-refractivity contribution in [2.75, 3.05) is 7.05 Å². The van der Waals surface area contributed by atoms with Crippen LogP contribution in [0.4, 0.5) is 0 Å². The number of hydrogen-bond acceptors (Lipinski definition) is 2. The van der Waals surface area contributed by atoms with E-state index in [-0.39, 0.29) is 0 Å². The summed E-state index contributed by atoms with van der Waals surface area (Å²) in [6.07, 6.45) is 2.57. The van der Waals surface area contributed by atoms with E-state index in [0.717, 1.165) is 17.8 Å². The molecule has 0 amide bonds. The summed E-state index contributed by atoms with van der Waals surface area (Å²) in [4.78, 5) is 0. The molecular weight excluding hydrogens is 112 g/mol. The highest BCUT2D eigenvalue weighted by molar-refractivity contribution is 5.18. The van der Waals surface area contributed by atoms with Gasteiger partial charge in [-0.1, -0.05) is 13.5 Å². The van der Waals surface area contributed by atoms with Gasteiger partial charge in [0.2, 0.25) is 0 Å². The predicted molar refractivity (Wildman–Crippen MR) is 40.8 cm³/mol. The molecule has 0 heterocycles. The Kier molecular flexibility index (Phi) is 3.60. The summed E-state index contributed by atoms with van der Waals surface area (Å²) < 4.78 is 0. The van der Waals surface area contributed by atoms with Crippen molar-refractivity contribution in [3.05, 3.63) is 24.0 Å². The molecule has 0 atom stereocenters. The van der Waals surface area contributed by atoms with Crippen molar-refractivity contribution < 1.29 is 0 Å². The second-order valence-electron chi connectivity index (χ2n) is 1.74. The zero-order chi connectivity index (χ0) is 7.28. The van der Waals surface area contributed by atoms with Crippen LogP contribution in [0.2, 0.25) is 0 Å². The molecule has 0 saturated carbocycles. The number of nitrogens with one attached hydrogen (secondary N) is 1. The van der Waals surface area contributed by atoms with Crippen molar-refractivity contribution >= 4 is 0 Å². The van der Waals surface area contributed by atoms with Gasteiger partial charge < -0.3 is 11.1 Å². The van der Waals surface area contributed by atoms with E-state index in [2.05, 4.69) is 11.9 Å². The normalized spacial score (nSPS) is 12.2. The van der Waals surface area contributed by atoms with Crippen molar-refractivity contribution in [1.29, 1.82) is 0 Å². The van der Waals surface area contributed by atoms with E-state index >= 15 is 0 Å². The molecule has 0 spiro atoms. The van der Waals surface area contributed by atoms with Crippen LogP contribution in [-0.2, 0) is 0 Å². The maximum atomic E-state index is 5.54. The van der Waals surface area contributed by atoms with Crippen LogP contribution in [0.1, 0.15) is 13.3 Å². The SMILES string of the molecule is C=C/C(N)=C(/CC)NC. The predicted octanol–water partition coefficient (Wildman–Crippen LogP) is 0.972. The Morgan fingerprint density at radius 1 is 1.78 bits per heavy atom. The maximum Gasteiger partial charge on any atom is 0.0500 e. The van der Waals surface area contributed by atoms with Crippen LogP contribution >= 0.6 is 0 Å². The molecule has 3 N–H and O–H groups in total. The highest BCUT2D eigenvalue weighted by Gasteiger charge is 1.91. The Balaban J connectivity index is 4.17. The van der Waals surface area contributed by atoms with Crippen LogP contribution in [0.5, 0.6) is 0 Å². The number of hydrogen-bond donors (Lipinski definition) is 2. The Morgan fingerprint density at radius 2 is 2.33 bits per heavy atom. The monoisotopic (exact) mass is 126 g/mol. The van der Waals surface area contributed by atoms with E-state index in [4.69, 9.17) is 5.73 Å². The second kappa shape index (κ2) is 4.01. The topological polar surface area (TPSA) is 38.0 Å². The summed E-state index contributed by atoms with van der Waals surface area (Å²) in [7, 11) is 1.86. The largest absolute Gasteiger partial charge is 0.397 e. The molecule has 0 unspecified atom stereocenters. The Morgan fingerprint density at radius 3 is 2.44 bits per heavy atom. The molecule has 0 rings (SSSR count). The molecule has 0 saturated heterocycles. The van der Waals surface area contributed by atoms with Crippen LogP contribution in [0.15, 0.2) is 24.0 Å². The first kappa shape index (κ1) is 8.08. The van der Waals surface area contributed by atoms with Gasteiger partial charge in [-0.15, -0.1) is 0 Å². The molecule has 0 aromatic heterocycles. The third kappa shape index (κ3) is 2.22. The van der Waals surface area contributed by atoms with Crippen molar-refractivity contribution in [3.63, 3.8) is 0 Å². The molecule has 2 nitrogen and oxygen atoms in total. The first-order valence-electron chi connectivity index (χ1n) is 3.05. The minimum Gasteiger partial charge on any atom is -0.397 e.